The lowest BCUT2D eigenvalue weighted by Crippen LogP contribution is -2.56. The number of carboxylic acids is 1. The van der Waals surface area contributed by atoms with Gasteiger partial charge in [-0.2, -0.15) is 5.10 Å². The molecule has 246 valence electrons. The molecule has 16 heteroatoms. The molecule has 0 spiro atoms. The molecule has 16 nitrogen and oxygen atoms in total. The maximum absolute atomic E-state index is 13.3. The first-order chi connectivity index (χ1) is 22.1. The molecular formula is C30H37N7O9. The van der Waals surface area contributed by atoms with Gasteiger partial charge < -0.3 is 40.3 Å². The number of carbonyl (C=O) groups excluding carboxylic acids is 4. The fourth-order valence-corrected chi connectivity index (χ4v) is 5.52. The van der Waals surface area contributed by atoms with Crippen LogP contribution in [0, 0.1) is 5.92 Å². The van der Waals surface area contributed by atoms with Gasteiger partial charge in [-0.05, 0) is 43.7 Å². The van der Waals surface area contributed by atoms with Gasteiger partial charge in [0.15, 0.2) is 12.3 Å². The molecule has 5 rings (SSSR count). The highest BCUT2D eigenvalue weighted by Gasteiger charge is 2.36. The molecule has 5 amide bonds. The SMILES string of the molecule is O=C(O)C[C@H](NC(=O)c1cc(OCC(=O)N2CCC[C@H]2C(=O)NCC2CC2)n(-c2ccccc2)n1)C(=O)N1CCN(C(=O)O)CC1. The third kappa shape index (κ3) is 7.92. The van der Waals surface area contributed by atoms with E-state index < -0.39 is 54.9 Å². The molecule has 1 aromatic carbocycles. The van der Waals surface area contributed by atoms with Crippen molar-refractivity contribution in [2.45, 2.75) is 44.2 Å². The quantitative estimate of drug-likeness (QED) is 0.248. The van der Waals surface area contributed by atoms with Gasteiger partial charge in [0, 0.05) is 45.3 Å². The second kappa shape index (κ2) is 14.3. The fourth-order valence-electron chi connectivity index (χ4n) is 5.52. The molecule has 0 radical (unpaired) electrons. The van der Waals surface area contributed by atoms with Crippen molar-refractivity contribution in [2.24, 2.45) is 5.92 Å². The monoisotopic (exact) mass is 639 g/mol. The second-order valence-electron chi connectivity index (χ2n) is 11.6. The van der Waals surface area contributed by atoms with Crippen LogP contribution in [0.4, 0.5) is 4.79 Å². The molecule has 0 bridgehead atoms. The Morgan fingerprint density at radius 1 is 0.935 bits per heavy atom. The number of piperazine rings is 1. The van der Waals surface area contributed by atoms with Gasteiger partial charge in [0.25, 0.3) is 11.8 Å². The van der Waals surface area contributed by atoms with Crippen LogP contribution in [0.5, 0.6) is 5.88 Å². The summed E-state index contributed by atoms with van der Waals surface area (Å²) in [6, 6.07) is 7.95. The van der Waals surface area contributed by atoms with Crippen molar-refractivity contribution in [3.05, 3.63) is 42.1 Å². The predicted octanol–water partition coefficient (Wildman–Crippen LogP) is 0.164. The summed E-state index contributed by atoms with van der Waals surface area (Å²) in [5.41, 5.74) is 0.320. The summed E-state index contributed by atoms with van der Waals surface area (Å²) in [6.07, 6.45) is 1.61. The topological polar surface area (TPSA) is 204 Å². The van der Waals surface area contributed by atoms with Crippen LogP contribution in [0.1, 0.15) is 42.6 Å². The van der Waals surface area contributed by atoms with Crippen LogP contribution in [-0.4, -0.2) is 128 Å². The van der Waals surface area contributed by atoms with Gasteiger partial charge in [-0.25, -0.2) is 9.48 Å². The van der Waals surface area contributed by atoms with Crippen LogP contribution in [-0.2, 0) is 19.2 Å². The van der Waals surface area contributed by atoms with E-state index in [4.69, 9.17) is 9.84 Å². The van der Waals surface area contributed by atoms with E-state index in [1.165, 1.54) is 20.5 Å². The van der Waals surface area contributed by atoms with Gasteiger partial charge >= 0.3 is 12.1 Å². The van der Waals surface area contributed by atoms with Gasteiger partial charge in [0.05, 0.1) is 12.1 Å². The Bertz CT molecular complexity index is 1470. The highest BCUT2D eigenvalue weighted by Crippen LogP contribution is 2.28. The molecule has 46 heavy (non-hydrogen) atoms. The first-order valence-corrected chi connectivity index (χ1v) is 15.3. The second-order valence-corrected chi connectivity index (χ2v) is 11.6. The van der Waals surface area contributed by atoms with Crippen molar-refractivity contribution in [1.82, 2.24) is 35.1 Å². The maximum Gasteiger partial charge on any atom is 0.407 e. The molecule has 0 unspecified atom stereocenters. The first kappa shape index (κ1) is 32.2. The maximum atomic E-state index is 13.3. The standard InChI is InChI=1S/C30H37N7O9/c38-24(36-10-4-7-23(36)28(42)31-17-19-8-9-19)18-46-25-15-21(33-37(25)20-5-2-1-3-6-20)27(41)32-22(16-26(39)40)29(43)34-11-13-35(14-12-34)30(44)45/h1-3,5-6,15,19,22-23H,4,7-14,16-18H2,(H,31,42)(H,32,41)(H,39,40)(H,44,45)/t22-,23-/m0/s1. The zero-order chi connectivity index (χ0) is 32.8. The Morgan fingerprint density at radius 2 is 1.63 bits per heavy atom. The molecule has 3 aliphatic rings. The number of para-hydroxylation sites is 1. The lowest BCUT2D eigenvalue weighted by molar-refractivity contribution is -0.143. The largest absolute Gasteiger partial charge is 0.481 e. The van der Waals surface area contributed by atoms with E-state index in [-0.39, 0.29) is 43.7 Å². The zero-order valence-electron chi connectivity index (χ0n) is 25.2. The molecule has 2 atom stereocenters. The number of nitrogens with zero attached hydrogens (tertiary/aromatic N) is 5. The average molecular weight is 640 g/mol. The van der Waals surface area contributed by atoms with E-state index in [2.05, 4.69) is 15.7 Å². The van der Waals surface area contributed by atoms with Crippen molar-refractivity contribution < 1.29 is 43.7 Å². The molecule has 3 heterocycles. The predicted molar refractivity (Wildman–Crippen MR) is 159 cm³/mol. The highest BCUT2D eigenvalue weighted by molar-refractivity contribution is 5.97. The van der Waals surface area contributed by atoms with Gasteiger partial charge in [-0.3, -0.25) is 24.0 Å². The number of likely N-dealkylation sites (tertiary alicyclic amines) is 1. The van der Waals surface area contributed by atoms with Crippen molar-refractivity contribution in [3.63, 3.8) is 0 Å². The normalized spacial score (nSPS) is 18.5. The number of amides is 5. The Balaban J connectivity index is 1.28. The van der Waals surface area contributed by atoms with E-state index >= 15 is 0 Å². The third-order valence-electron chi connectivity index (χ3n) is 8.24. The summed E-state index contributed by atoms with van der Waals surface area (Å²) in [4.78, 5) is 79.2. The van der Waals surface area contributed by atoms with Gasteiger partial charge in [-0.1, -0.05) is 18.2 Å². The summed E-state index contributed by atoms with van der Waals surface area (Å²) in [7, 11) is 0. The zero-order valence-corrected chi connectivity index (χ0v) is 25.2. The number of carbonyl (C=O) groups is 6. The Morgan fingerprint density at radius 3 is 2.28 bits per heavy atom. The van der Waals surface area contributed by atoms with E-state index in [0.29, 0.717) is 37.5 Å². The number of hydrogen-bond donors (Lipinski definition) is 4. The van der Waals surface area contributed by atoms with Crippen LogP contribution in [0.2, 0.25) is 0 Å². The number of rotatable bonds is 12. The molecule has 4 N–H and O–H groups in total. The van der Waals surface area contributed by atoms with E-state index in [1.807, 2.05) is 0 Å². The summed E-state index contributed by atoms with van der Waals surface area (Å²) < 4.78 is 7.16. The lowest BCUT2D eigenvalue weighted by Gasteiger charge is -2.35. The van der Waals surface area contributed by atoms with E-state index in [0.717, 1.165) is 17.7 Å². The summed E-state index contributed by atoms with van der Waals surface area (Å²) in [6.45, 7) is 0.805. The lowest BCUT2D eigenvalue weighted by atomic mass is 10.1. The van der Waals surface area contributed by atoms with Crippen molar-refractivity contribution in [2.75, 3.05) is 45.9 Å². The molecular weight excluding hydrogens is 602 g/mol. The Labute approximate surface area is 264 Å². The number of aromatic nitrogens is 2. The van der Waals surface area contributed by atoms with Crippen LogP contribution >= 0.6 is 0 Å². The minimum atomic E-state index is -1.44. The summed E-state index contributed by atoms with van der Waals surface area (Å²) in [5.74, 6) is -2.85. The Kier molecular flexibility index (Phi) is 10.0. The molecule has 1 aliphatic carbocycles. The van der Waals surface area contributed by atoms with Crippen molar-refractivity contribution in [1.29, 1.82) is 0 Å². The highest BCUT2D eigenvalue weighted by atomic mass is 16.5. The van der Waals surface area contributed by atoms with Gasteiger partial charge in [0.1, 0.15) is 12.1 Å². The van der Waals surface area contributed by atoms with Crippen molar-refractivity contribution >= 4 is 35.7 Å². The van der Waals surface area contributed by atoms with Gasteiger partial charge in [-0.15, -0.1) is 0 Å². The van der Waals surface area contributed by atoms with E-state index in [1.54, 1.807) is 30.3 Å². The Hall–Kier alpha value is -5.15. The number of aliphatic carboxylic acids is 1. The average Bonchev–Trinajstić information content (AvgIpc) is 3.56. The summed E-state index contributed by atoms with van der Waals surface area (Å²) >= 11 is 0. The molecule has 3 fully saturated rings. The van der Waals surface area contributed by atoms with Crippen LogP contribution in [0.3, 0.4) is 0 Å². The smallest absolute Gasteiger partial charge is 0.407 e. The molecule has 2 aliphatic heterocycles. The number of ether oxygens (including phenoxy) is 1. The fraction of sp³-hybridized carbons (Fsp3) is 0.500. The number of nitrogens with one attached hydrogen (secondary N) is 2. The number of carboxylic acid groups (broad SMARTS) is 2. The minimum absolute atomic E-state index is 0.0459. The molecule has 2 aromatic rings. The van der Waals surface area contributed by atoms with Crippen LogP contribution in [0.25, 0.3) is 5.69 Å². The van der Waals surface area contributed by atoms with Crippen LogP contribution < -0.4 is 15.4 Å². The number of hydrogen-bond acceptors (Lipinski definition) is 8. The minimum Gasteiger partial charge on any atom is -0.481 e. The molecule has 1 saturated carbocycles. The number of benzene rings is 1. The van der Waals surface area contributed by atoms with Gasteiger partial charge in [0.2, 0.25) is 17.7 Å². The van der Waals surface area contributed by atoms with E-state index in [9.17, 15) is 33.9 Å². The first-order valence-electron chi connectivity index (χ1n) is 15.3. The summed E-state index contributed by atoms with van der Waals surface area (Å²) in [5, 5.41) is 28.3. The van der Waals surface area contributed by atoms with Crippen LogP contribution in [0.15, 0.2) is 36.4 Å². The molecule has 1 aromatic heterocycles. The van der Waals surface area contributed by atoms with Crippen molar-refractivity contribution in [3.8, 4) is 11.6 Å². The third-order valence-corrected chi connectivity index (χ3v) is 8.24. The molecule has 2 saturated heterocycles.